The molecule has 2 aromatic rings. The Bertz CT molecular complexity index is 788. The molecule has 0 aliphatic carbocycles. The van der Waals surface area contributed by atoms with Crippen molar-refractivity contribution in [2.24, 2.45) is 11.7 Å². The van der Waals surface area contributed by atoms with Gasteiger partial charge >= 0.3 is 6.61 Å². The normalized spacial score (nSPS) is 20.9. The SMILES string of the molecule is CC(C(=O)Nc1ccccc1OC(F)F)N1C[C@@H](CN)[C@H](c2ccccc2)C1. The van der Waals surface area contributed by atoms with Crippen molar-refractivity contribution in [3.8, 4) is 5.75 Å². The zero-order valence-electron chi connectivity index (χ0n) is 15.7. The fraction of sp³-hybridized carbons (Fsp3) is 0.381. The van der Waals surface area contributed by atoms with Crippen LogP contribution in [0.4, 0.5) is 14.5 Å². The Morgan fingerprint density at radius 1 is 1.18 bits per heavy atom. The molecule has 0 spiro atoms. The monoisotopic (exact) mass is 389 g/mol. The van der Waals surface area contributed by atoms with Gasteiger partial charge in [0.2, 0.25) is 5.91 Å². The van der Waals surface area contributed by atoms with Crippen LogP contribution in [0.15, 0.2) is 54.6 Å². The number of carbonyl (C=O) groups excluding carboxylic acids is 1. The lowest BCUT2D eigenvalue weighted by molar-refractivity contribution is -0.120. The number of hydrogen-bond acceptors (Lipinski definition) is 4. The third-order valence-electron chi connectivity index (χ3n) is 5.29. The van der Waals surface area contributed by atoms with Gasteiger partial charge in [-0.15, -0.1) is 0 Å². The van der Waals surface area contributed by atoms with E-state index in [0.717, 1.165) is 6.54 Å². The highest BCUT2D eigenvalue weighted by molar-refractivity contribution is 5.95. The first-order valence-corrected chi connectivity index (χ1v) is 9.33. The zero-order valence-corrected chi connectivity index (χ0v) is 15.7. The van der Waals surface area contributed by atoms with Gasteiger partial charge in [-0.2, -0.15) is 8.78 Å². The van der Waals surface area contributed by atoms with Gasteiger partial charge in [0.1, 0.15) is 5.75 Å². The van der Waals surface area contributed by atoms with Crippen LogP contribution >= 0.6 is 0 Å². The van der Waals surface area contributed by atoms with E-state index in [9.17, 15) is 13.6 Å². The predicted octanol–water partition coefficient (Wildman–Crippen LogP) is 3.29. The van der Waals surface area contributed by atoms with E-state index in [0.29, 0.717) is 13.1 Å². The standard InChI is InChI=1S/C21H25F2N3O2/c1-14(20(27)25-18-9-5-6-10-19(18)28-21(22)23)26-12-16(11-24)17(13-26)15-7-3-2-4-8-15/h2-10,14,16-17,21H,11-13,24H2,1H3,(H,25,27)/t14?,16-,17+/m1/s1. The maximum absolute atomic E-state index is 12.7. The average molecular weight is 389 g/mol. The Morgan fingerprint density at radius 3 is 2.54 bits per heavy atom. The minimum absolute atomic E-state index is 0.0542. The lowest BCUT2D eigenvalue weighted by atomic mass is 9.89. The number of amides is 1. The molecule has 0 radical (unpaired) electrons. The van der Waals surface area contributed by atoms with Crippen LogP contribution < -0.4 is 15.8 Å². The number of carbonyl (C=O) groups is 1. The van der Waals surface area contributed by atoms with Crippen molar-refractivity contribution in [2.75, 3.05) is 25.0 Å². The molecule has 1 heterocycles. The molecule has 1 amide bonds. The van der Waals surface area contributed by atoms with Gasteiger partial charge < -0.3 is 15.8 Å². The van der Waals surface area contributed by atoms with Gasteiger partial charge in [-0.1, -0.05) is 42.5 Å². The molecule has 2 aromatic carbocycles. The van der Waals surface area contributed by atoms with Crippen LogP contribution in [-0.2, 0) is 4.79 Å². The van der Waals surface area contributed by atoms with Crippen LogP contribution in [0.1, 0.15) is 18.4 Å². The van der Waals surface area contributed by atoms with E-state index < -0.39 is 12.7 Å². The first-order chi connectivity index (χ1) is 13.5. The largest absolute Gasteiger partial charge is 0.433 e. The smallest absolute Gasteiger partial charge is 0.387 e. The number of ether oxygens (including phenoxy) is 1. The Labute approximate surface area is 163 Å². The second kappa shape index (κ2) is 9.12. The van der Waals surface area contributed by atoms with Gasteiger partial charge in [-0.25, -0.2) is 0 Å². The number of anilines is 1. The maximum atomic E-state index is 12.7. The number of likely N-dealkylation sites (tertiary alicyclic amines) is 1. The highest BCUT2D eigenvalue weighted by atomic mass is 19.3. The number of halogens is 2. The van der Waals surface area contributed by atoms with E-state index in [1.807, 2.05) is 25.1 Å². The Balaban J connectivity index is 1.69. The minimum Gasteiger partial charge on any atom is -0.433 e. The second-order valence-electron chi connectivity index (χ2n) is 7.01. The van der Waals surface area contributed by atoms with Crippen LogP contribution in [0.25, 0.3) is 0 Å². The van der Waals surface area contributed by atoms with Gasteiger partial charge in [-0.3, -0.25) is 9.69 Å². The fourth-order valence-electron chi connectivity index (χ4n) is 3.71. The zero-order chi connectivity index (χ0) is 20.1. The van der Waals surface area contributed by atoms with Gasteiger partial charge in [0.15, 0.2) is 0 Å². The van der Waals surface area contributed by atoms with Gasteiger partial charge in [0, 0.05) is 19.0 Å². The molecule has 1 fully saturated rings. The Hall–Kier alpha value is -2.51. The number of hydrogen-bond donors (Lipinski definition) is 2. The van der Waals surface area contributed by atoms with Crippen molar-refractivity contribution in [2.45, 2.75) is 25.5 Å². The highest BCUT2D eigenvalue weighted by Gasteiger charge is 2.37. The summed E-state index contributed by atoms with van der Waals surface area (Å²) in [7, 11) is 0. The molecule has 3 rings (SSSR count). The fourth-order valence-corrected chi connectivity index (χ4v) is 3.71. The summed E-state index contributed by atoms with van der Waals surface area (Å²) in [5.74, 6) is 0.194. The molecular weight excluding hydrogens is 364 g/mol. The number of rotatable bonds is 7. The van der Waals surface area contributed by atoms with Crippen molar-refractivity contribution in [1.29, 1.82) is 0 Å². The van der Waals surface area contributed by atoms with Crippen molar-refractivity contribution in [1.82, 2.24) is 4.90 Å². The molecule has 1 unspecified atom stereocenters. The molecule has 3 N–H and O–H groups in total. The van der Waals surface area contributed by atoms with Crippen LogP contribution in [-0.4, -0.2) is 43.1 Å². The predicted molar refractivity (Wildman–Crippen MR) is 104 cm³/mol. The molecule has 0 saturated carbocycles. The quantitative estimate of drug-likeness (QED) is 0.763. The molecular formula is C21H25F2N3O2. The summed E-state index contributed by atoms with van der Waals surface area (Å²) in [4.78, 5) is 14.8. The van der Waals surface area contributed by atoms with Crippen LogP contribution in [0.3, 0.4) is 0 Å². The van der Waals surface area contributed by atoms with E-state index in [4.69, 9.17) is 5.73 Å². The first kappa shape index (κ1) is 20.2. The molecule has 7 heteroatoms. The molecule has 1 aliphatic heterocycles. The van der Waals surface area contributed by atoms with Crippen LogP contribution in [0.2, 0.25) is 0 Å². The van der Waals surface area contributed by atoms with Crippen molar-refractivity contribution in [3.63, 3.8) is 0 Å². The number of alkyl halides is 2. The molecule has 150 valence electrons. The summed E-state index contributed by atoms with van der Waals surface area (Å²) in [6, 6.07) is 15.9. The molecule has 5 nitrogen and oxygen atoms in total. The van der Waals surface area contributed by atoms with E-state index in [2.05, 4.69) is 27.1 Å². The van der Waals surface area contributed by atoms with E-state index in [-0.39, 0.29) is 29.2 Å². The van der Waals surface area contributed by atoms with Crippen LogP contribution in [0.5, 0.6) is 5.75 Å². The number of nitrogens with one attached hydrogen (secondary N) is 1. The molecule has 28 heavy (non-hydrogen) atoms. The second-order valence-corrected chi connectivity index (χ2v) is 7.01. The molecule has 1 aliphatic rings. The number of nitrogens with two attached hydrogens (primary N) is 1. The molecule has 3 atom stereocenters. The van der Waals surface area contributed by atoms with Gasteiger partial charge in [0.05, 0.1) is 11.7 Å². The summed E-state index contributed by atoms with van der Waals surface area (Å²) in [5.41, 5.74) is 7.42. The summed E-state index contributed by atoms with van der Waals surface area (Å²) in [6.45, 7) is 0.823. The lowest BCUT2D eigenvalue weighted by Gasteiger charge is -2.24. The summed E-state index contributed by atoms with van der Waals surface area (Å²) in [5, 5.41) is 2.71. The third kappa shape index (κ3) is 4.66. The summed E-state index contributed by atoms with van der Waals surface area (Å²) >= 11 is 0. The van der Waals surface area contributed by atoms with Gasteiger partial charge in [-0.05, 0) is 37.1 Å². The topological polar surface area (TPSA) is 67.6 Å². The molecule has 0 bridgehead atoms. The maximum Gasteiger partial charge on any atom is 0.387 e. The Morgan fingerprint density at radius 2 is 1.86 bits per heavy atom. The average Bonchev–Trinajstić information content (AvgIpc) is 3.13. The van der Waals surface area contributed by atoms with E-state index >= 15 is 0 Å². The van der Waals surface area contributed by atoms with Crippen LogP contribution in [0, 0.1) is 5.92 Å². The third-order valence-corrected chi connectivity index (χ3v) is 5.29. The molecule has 1 saturated heterocycles. The number of para-hydroxylation sites is 2. The number of nitrogens with zero attached hydrogens (tertiary/aromatic N) is 1. The van der Waals surface area contributed by atoms with Crippen molar-refractivity contribution in [3.05, 3.63) is 60.2 Å². The summed E-state index contributed by atoms with van der Waals surface area (Å²) < 4.78 is 29.6. The number of benzene rings is 2. The van der Waals surface area contributed by atoms with E-state index in [1.165, 1.54) is 11.6 Å². The Kier molecular flexibility index (Phi) is 6.59. The van der Waals surface area contributed by atoms with Gasteiger partial charge in [0.25, 0.3) is 0 Å². The molecule has 0 aromatic heterocycles. The minimum atomic E-state index is -2.95. The highest BCUT2D eigenvalue weighted by Crippen LogP contribution is 2.33. The lowest BCUT2D eigenvalue weighted by Crippen LogP contribution is -2.41. The van der Waals surface area contributed by atoms with Crippen molar-refractivity contribution >= 4 is 11.6 Å². The first-order valence-electron chi connectivity index (χ1n) is 9.33. The summed E-state index contributed by atoms with van der Waals surface area (Å²) in [6.07, 6.45) is 0. The van der Waals surface area contributed by atoms with Crippen molar-refractivity contribution < 1.29 is 18.3 Å². The van der Waals surface area contributed by atoms with E-state index in [1.54, 1.807) is 18.2 Å².